The molecule has 0 bridgehead atoms. The van der Waals surface area contributed by atoms with E-state index in [1.165, 1.54) is 0 Å². The van der Waals surface area contributed by atoms with E-state index in [-0.39, 0.29) is 35.1 Å². The number of rotatable bonds is 5. The molecule has 2 aliphatic rings. The van der Waals surface area contributed by atoms with E-state index in [2.05, 4.69) is 34.9 Å². The highest BCUT2D eigenvalue weighted by Gasteiger charge is 2.49. The maximum absolute atomic E-state index is 12.8. The highest BCUT2D eigenvalue weighted by molar-refractivity contribution is 6.02. The first-order valence-electron chi connectivity index (χ1n) is 9.66. The number of aromatic nitrogens is 2. The summed E-state index contributed by atoms with van der Waals surface area (Å²) in [5.41, 5.74) is 1.22. The molecule has 8 nitrogen and oxygen atoms in total. The number of pyridine rings is 1. The number of hydrogen-bond donors (Lipinski definition) is 3. The third kappa shape index (κ3) is 3.12. The summed E-state index contributed by atoms with van der Waals surface area (Å²) in [6, 6.07) is 5.44. The van der Waals surface area contributed by atoms with E-state index in [4.69, 9.17) is 0 Å². The van der Waals surface area contributed by atoms with Gasteiger partial charge in [0, 0.05) is 25.3 Å². The van der Waals surface area contributed by atoms with Crippen molar-refractivity contribution in [2.75, 3.05) is 13.1 Å². The molecule has 0 spiro atoms. The average Bonchev–Trinajstić information content (AvgIpc) is 3.31. The van der Waals surface area contributed by atoms with Gasteiger partial charge in [0.25, 0.3) is 5.91 Å². The molecular formula is C20H25N5O3. The summed E-state index contributed by atoms with van der Waals surface area (Å²) in [7, 11) is 0. The van der Waals surface area contributed by atoms with Crippen molar-refractivity contribution in [2.45, 2.75) is 32.7 Å². The van der Waals surface area contributed by atoms with Gasteiger partial charge in [0.2, 0.25) is 11.8 Å². The number of carbonyl (C=O) groups is 3. The van der Waals surface area contributed by atoms with Gasteiger partial charge >= 0.3 is 0 Å². The van der Waals surface area contributed by atoms with Crippen LogP contribution in [0.1, 0.15) is 37.0 Å². The molecule has 1 saturated heterocycles. The van der Waals surface area contributed by atoms with Gasteiger partial charge in [-0.25, -0.2) is 4.52 Å². The Morgan fingerprint density at radius 2 is 2.18 bits per heavy atom. The van der Waals surface area contributed by atoms with E-state index >= 15 is 0 Å². The van der Waals surface area contributed by atoms with E-state index in [0.29, 0.717) is 25.1 Å². The zero-order valence-corrected chi connectivity index (χ0v) is 16.1. The first-order chi connectivity index (χ1) is 13.4. The van der Waals surface area contributed by atoms with Crippen LogP contribution >= 0.6 is 0 Å². The van der Waals surface area contributed by atoms with E-state index in [1.54, 1.807) is 22.8 Å². The third-order valence-electron chi connectivity index (χ3n) is 6.34. The van der Waals surface area contributed by atoms with Crippen molar-refractivity contribution in [1.29, 1.82) is 0 Å². The quantitative estimate of drug-likeness (QED) is 0.662. The molecule has 3 atom stereocenters. The van der Waals surface area contributed by atoms with E-state index in [1.807, 2.05) is 12.3 Å². The van der Waals surface area contributed by atoms with Crippen molar-refractivity contribution in [3.63, 3.8) is 0 Å². The van der Waals surface area contributed by atoms with Gasteiger partial charge in [-0.1, -0.05) is 13.8 Å². The Morgan fingerprint density at radius 3 is 2.89 bits per heavy atom. The number of nitrogens with one attached hydrogen (secondary N) is 3. The number of fused-ring (bicyclic) bond motifs is 1. The molecule has 3 heterocycles. The summed E-state index contributed by atoms with van der Waals surface area (Å²) in [6.07, 6.45) is 4.82. The first-order valence-corrected chi connectivity index (χ1v) is 9.66. The van der Waals surface area contributed by atoms with Gasteiger partial charge in [0.15, 0.2) is 0 Å². The predicted octanol–water partition coefficient (Wildman–Crippen LogP) is 0.731. The Hall–Kier alpha value is -2.90. The normalized spacial score (nSPS) is 25.8. The van der Waals surface area contributed by atoms with Crippen LogP contribution in [0.3, 0.4) is 0 Å². The fourth-order valence-electron chi connectivity index (χ4n) is 4.18. The molecule has 3 unspecified atom stereocenters. The molecular weight excluding hydrogens is 358 g/mol. The molecule has 4 rings (SSSR count). The molecule has 0 radical (unpaired) electrons. The predicted molar refractivity (Wildman–Crippen MR) is 102 cm³/mol. The monoisotopic (exact) mass is 383 g/mol. The SMILES string of the molecule is CC1(C)C(CNC(=O)C2CCNC2=O)CC1NC(=O)c1cccn2nccc12. The molecule has 28 heavy (non-hydrogen) atoms. The highest BCUT2D eigenvalue weighted by Crippen LogP contribution is 2.46. The van der Waals surface area contributed by atoms with Crippen LogP contribution in [0.5, 0.6) is 0 Å². The summed E-state index contributed by atoms with van der Waals surface area (Å²) in [5, 5.41) is 12.9. The molecule has 2 aromatic heterocycles. The summed E-state index contributed by atoms with van der Waals surface area (Å²) in [6.45, 7) is 5.27. The zero-order chi connectivity index (χ0) is 19.9. The Morgan fingerprint density at radius 1 is 1.36 bits per heavy atom. The lowest BCUT2D eigenvalue weighted by molar-refractivity contribution is -0.133. The maximum atomic E-state index is 12.8. The van der Waals surface area contributed by atoms with E-state index in [9.17, 15) is 14.4 Å². The molecule has 3 amide bonds. The average molecular weight is 383 g/mol. The van der Waals surface area contributed by atoms with Gasteiger partial charge in [-0.15, -0.1) is 0 Å². The largest absolute Gasteiger partial charge is 0.355 e. The first kappa shape index (κ1) is 18.5. The van der Waals surface area contributed by atoms with Crippen molar-refractivity contribution >= 4 is 23.2 Å². The number of amides is 3. The topological polar surface area (TPSA) is 105 Å². The minimum absolute atomic E-state index is 0.0276. The Kier molecular flexibility index (Phi) is 4.56. The Labute approximate surface area is 163 Å². The van der Waals surface area contributed by atoms with Crippen molar-refractivity contribution in [3.05, 3.63) is 36.2 Å². The van der Waals surface area contributed by atoms with Crippen LogP contribution in [0.2, 0.25) is 0 Å². The van der Waals surface area contributed by atoms with Crippen molar-refractivity contribution < 1.29 is 14.4 Å². The van der Waals surface area contributed by atoms with Crippen LogP contribution < -0.4 is 16.0 Å². The molecule has 148 valence electrons. The Balaban J connectivity index is 1.34. The van der Waals surface area contributed by atoms with Crippen molar-refractivity contribution in [2.24, 2.45) is 17.3 Å². The van der Waals surface area contributed by atoms with Crippen LogP contribution in [0.4, 0.5) is 0 Å². The minimum Gasteiger partial charge on any atom is -0.355 e. The molecule has 1 aliphatic carbocycles. The fourth-order valence-corrected chi connectivity index (χ4v) is 4.18. The second-order valence-corrected chi connectivity index (χ2v) is 8.24. The van der Waals surface area contributed by atoms with E-state index < -0.39 is 5.92 Å². The van der Waals surface area contributed by atoms with Gasteiger partial charge in [0.1, 0.15) is 5.92 Å². The molecule has 3 N–H and O–H groups in total. The number of hydrogen-bond acceptors (Lipinski definition) is 4. The van der Waals surface area contributed by atoms with Crippen LogP contribution in [0.25, 0.3) is 5.52 Å². The van der Waals surface area contributed by atoms with Gasteiger partial charge in [-0.05, 0) is 42.4 Å². The number of nitrogens with zero attached hydrogens (tertiary/aromatic N) is 2. The summed E-state index contributed by atoms with van der Waals surface area (Å²) >= 11 is 0. The molecule has 8 heteroatoms. The summed E-state index contributed by atoms with van der Waals surface area (Å²) in [4.78, 5) is 36.6. The van der Waals surface area contributed by atoms with Gasteiger partial charge in [-0.3, -0.25) is 14.4 Å². The zero-order valence-electron chi connectivity index (χ0n) is 16.1. The minimum atomic E-state index is -0.574. The second kappa shape index (κ2) is 6.92. The van der Waals surface area contributed by atoms with Crippen LogP contribution in [-0.2, 0) is 9.59 Å². The molecule has 0 aromatic carbocycles. The summed E-state index contributed by atoms with van der Waals surface area (Å²) in [5.74, 6) is -0.837. The lowest BCUT2D eigenvalue weighted by Gasteiger charge is -2.52. The van der Waals surface area contributed by atoms with E-state index in [0.717, 1.165) is 11.9 Å². The smallest absolute Gasteiger partial charge is 0.253 e. The van der Waals surface area contributed by atoms with Crippen molar-refractivity contribution in [3.8, 4) is 0 Å². The van der Waals surface area contributed by atoms with Gasteiger partial charge in [-0.2, -0.15) is 5.10 Å². The van der Waals surface area contributed by atoms with Crippen LogP contribution in [0.15, 0.2) is 30.6 Å². The molecule has 2 aromatic rings. The second-order valence-electron chi connectivity index (χ2n) is 8.24. The highest BCUT2D eigenvalue weighted by atomic mass is 16.2. The van der Waals surface area contributed by atoms with Crippen molar-refractivity contribution in [1.82, 2.24) is 25.6 Å². The number of carbonyl (C=O) groups excluding carboxylic acids is 3. The third-order valence-corrected chi connectivity index (χ3v) is 6.34. The maximum Gasteiger partial charge on any atom is 0.253 e. The van der Waals surface area contributed by atoms with Crippen LogP contribution in [0, 0.1) is 17.3 Å². The standard InChI is InChI=1S/C20H25N5O3/c1-20(2)12(11-22-18(27)14-5-7-21-17(14)26)10-16(20)24-19(28)13-4-3-9-25-15(13)6-8-23-25/h3-4,6,8-9,12,14,16H,5,7,10-11H2,1-2H3,(H,21,26)(H,22,27)(H,24,28). The van der Waals surface area contributed by atoms with Gasteiger partial charge in [0.05, 0.1) is 17.3 Å². The molecule has 1 aliphatic heterocycles. The van der Waals surface area contributed by atoms with Crippen LogP contribution in [-0.4, -0.2) is 46.5 Å². The fraction of sp³-hybridized carbons (Fsp3) is 0.500. The lowest BCUT2D eigenvalue weighted by Crippen LogP contribution is -2.61. The Bertz CT molecular complexity index is 935. The molecule has 1 saturated carbocycles. The lowest BCUT2D eigenvalue weighted by atomic mass is 9.58. The molecule has 2 fully saturated rings. The van der Waals surface area contributed by atoms with Gasteiger partial charge < -0.3 is 16.0 Å². The summed E-state index contributed by atoms with van der Waals surface area (Å²) < 4.78 is 1.68.